The van der Waals surface area contributed by atoms with Crippen molar-refractivity contribution in [3.05, 3.63) is 23.8 Å². The summed E-state index contributed by atoms with van der Waals surface area (Å²) in [6.45, 7) is 6.82. The maximum absolute atomic E-state index is 5.41. The summed E-state index contributed by atoms with van der Waals surface area (Å²) in [6, 6.07) is 6.56. The highest BCUT2D eigenvalue weighted by Crippen LogP contribution is 2.31. The summed E-state index contributed by atoms with van der Waals surface area (Å²) in [4.78, 5) is 2.46. The van der Waals surface area contributed by atoms with Crippen molar-refractivity contribution in [1.29, 1.82) is 0 Å². The lowest BCUT2D eigenvalue weighted by Crippen LogP contribution is -2.17. The average molecular weight is 219 g/mol. The Hall–Kier alpha value is -1.18. The van der Waals surface area contributed by atoms with Gasteiger partial charge in [-0.05, 0) is 42.5 Å². The predicted molar refractivity (Wildman–Crippen MR) is 68.5 cm³/mol. The fraction of sp³-hybridized carbons (Fsp3) is 0.571. The van der Waals surface area contributed by atoms with E-state index >= 15 is 0 Å². The second-order valence-electron chi connectivity index (χ2n) is 4.78. The molecule has 0 bridgehead atoms. The van der Waals surface area contributed by atoms with Crippen LogP contribution >= 0.6 is 0 Å². The van der Waals surface area contributed by atoms with E-state index in [0.717, 1.165) is 5.75 Å². The van der Waals surface area contributed by atoms with Gasteiger partial charge in [0.1, 0.15) is 5.75 Å². The van der Waals surface area contributed by atoms with Gasteiger partial charge in [-0.2, -0.15) is 0 Å². The van der Waals surface area contributed by atoms with Crippen LogP contribution in [0.1, 0.15) is 38.2 Å². The van der Waals surface area contributed by atoms with Crippen LogP contribution in [0.4, 0.5) is 5.69 Å². The summed E-state index contributed by atoms with van der Waals surface area (Å²) in [5.74, 6) is 1.52. The van der Waals surface area contributed by atoms with E-state index in [1.54, 1.807) is 7.11 Å². The topological polar surface area (TPSA) is 12.5 Å². The molecule has 0 spiro atoms. The molecule has 0 amide bonds. The Balaban J connectivity index is 2.30. The normalized spacial score (nSPS) is 15.9. The van der Waals surface area contributed by atoms with Gasteiger partial charge in [0.05, 0.1) is 7.11 Å². The highest BCUT2D eigenvalue weighted by atomic mass is 16.5. The Morgan fingerprint density at radius 3 is 2.44 bits per heavy atom. The molecule has 0 aliphatic carbocycles. The molecule has 2 heteroatoms. The summed E-state index contributed by atoms with van der Waals surface area (Å²) in [6.07, 6.45) is 2.64. The number of nitrogens with zero attached hydrogens (tertiary/aromatic N) is 1. The first-order valence-electron chi connectivity index (χ1n) is 6.15. The quantitative estimate of drug-likeness (QED) is 0.772. The van der Waals surface area contributed by atoms with Crippen LogP contribution in [0.5, 0.6) is 5.75 Å². The molecule has 0 saturated carbocycles. The van der Waals surface area contributed by atoms with Crippen LogP contribution in [0, 0.1) is 0 Å². The van der Waals surface area contributed by atoms with Gasteiger partial charge in [-0.3, -0.25) is 0 Å². The maximum atomic E-state index is 5.41. The van der Waals surface area contributed by atoms with Crippen LogP contribution in [0.15, 0.2) is 18.2 Å². The van der Waals surface area contributed by atoms with Gasteiger partial charge in [0.15, 0.2) is 0 Å². The van der Waals surface area contributed by atoms with E-state index in [2.05, 4.69) is 36.9 Å². The SMILES string of the molecule is COc1ccc(N2CCCC2)cc1C(C)C. The first-order chi connectivity index (χ1) is 7.72. The summed E-state index contributed by atoms with van der Waals surface area (Å²) in [5, 5.41) is 0. The molecule has 16 heavy (non-hydrogen) atoms. The molecule has 2 rings (SSSR count). The molecule has 1 heterocycles. The fourth-order valence-corrected chi connectivity index (χ4v) is 2.34. The minimum absolute atomic E-state index is 0.512. The predicted octanol–water partition coefficient (Wildman–Crippen LogP) is 3.42. The van der Waals surface area contributed by atoms with Gasteiger partial charge in [-0.15, -0.1) is 0 Å². The van der Waals surface area contributed by atoms with Gasteiger partial charge in [0.2, 0.25) is 0 Å². The van der Waals surface area contributed by atoms with Gasteiger partial charge in [0, 0.05) is 18.8 Å². The standard InChI is InChI=1S/C14H21NO/c1-11(2)13-10-12(6-7-14(13)16-3)15-8-4-5-9-15/h6-7,10-11H,4-5,8-9H2,1-3H3. The van der Waals surface area contributed by atoms with E-state index < -0.39 is 0 Å². The van der Waals surface area contributed by atoms with Crippen molar-refractivity contribution >= 4 is 5.69 Å². The molecular formula is C14H21NO. The highest BCUT2D eigenvalue weighted by molar-refractivity contribution is 5.54. The average Bonchev–Trinajstić information content (AvgIpc) is 2.81. The summed E-state index contributed by atoms with van der Waals surface area (Å²) in [7, 11) is 1.75. The second-order valence-corrected chi connectivity index (χ2v) is 4.78. The van der Waals surface area contributed by atoms with Crippen LogP contribution < -0.4 is 9.64 Å². The van der Waals surface area contributed by atoms with E-state index in [0.29, 0.717) is 5.92 Å². The Morgan fingerprint density at radius 2 is 1.88 bits per heavy atom. The highest BCUT2D eigenvalue weighted by Gasteiger charge is 2.15. The van der Waals surface area contributed by atoms with Crippen LogP contribution in [-0.2, 0) is 0 Å². The lowest BCUT2D eigenvalue weighted by molar-refractivity contribution is 0.407. The molecule has 0 radical (unpaired) electrons. The minimum atomic E-state index is 0.512. The number of hydrogen-bond donors (Lipinski definition) is 0. The molecule has 0 aromatic heterocycles. The number of rotatable bonds is 3. The van der Waals surface area contributed by atoms with Crippen molar-refractivity contribution < 1.29 is 4.74 Å². The third kappa shape index (κ3) is 2.16. The number of anilines is 1. The zero-order valence-corrected chi connectivity index (χ0v) is 10.5. The summed E-state index contributed by atoms with van der Waals surface area (Å²) in [5.41, 5.74) is 2.66. The number of benzene rings is 1. The molecular weight excluding hydrogens is 198 g/mol. The van der Waals surface area contributed by atoms with E-state index in [9.17, 15) is 0 Å². The summed E-state index contributed by atoms with van der Waals surface area (Å²) >= 11 is 0. The van der Waals surface area contributed by atoms with E-state index in [1.807, 2.05) is 0 Å². The Kier molecular flexibility index (Phi) is 3.37. The lowest BCUT2D eigenvalue weighted by atomic mass is 10.0. The Bertz CT molecular complexity index is 354. The van der Waals surface area contributed by atoms with Crippen molar-refractivity contribution in [2.75, 3.05) is 25.1 Å². The third-order valence-electron chi connectivity index (χ3n) is 3.31. The molecule has 0 atom stereocenters. The molecule has 88 valence electrons. The van der Waals surface area contributed by atoms with Crippen LogP contribution in [0.2, 0.25) is 0 Å². The summed E-state index contributed by atoms with van der Waals surface area (Å²) < 4.78 is 5.41. The van der Waals surface area contributed by atoms with Crippen molar-refractivity contribution in [2.45, 2.75) is 32.6 Å². The number of hydrogen-bond acceptors (Lipinski definition) is 2. The maximum Gasteiger partial charge on any atom is 0.122 e. The molecule has 1 fully saturated rings. The Morgan fingerprint density at radius 1 is 1.19 bits per heavy atom. The van der Waals surface area contributed by atoms with Gasteiger partial charge in [-0.25, -0.2) is 0 Å². The van der Waals surface area contributed by atoms with Gasteiger partial charge >= 0.3 is 0 Å². The molecule has 1 saturated heterocycles. The molecule has 0 unspecified atom stereocenters. The fourth-order valence-electron chi connectivity index (χ4n) is 2.34. The molecule has 1 aromatic carbocycles. The molecule has 1 aliphatic rings. The first kappa shape index (κ1) is 11.3. The molecule has 0 N–H and O–H groups in total. The van der Waals surface area contributed by atoms with Crippen LogP contribution in [-0.4, -0.2) is 20.2 Å². The molecule has 2 nitrogen and oxygen atoms in total. The minimum Gasteiger partial charge on any atom is -0.496 e. The smallest absolute Gasteiger partial charge is 0.122 e. The van der Waals surface area contributed by atoms with Gasteiger partial charge in [0.25, 0.3) is 0 Å². The van der Waals surface area contributed by atoms with Crippen molar-refractivity contribution in [3.8, 4) is 5.75 Å². The zero-order chi connectivity index (χ0) is 11.5. The van der Waals surface area contributed by atoms with Crippen molar-refractivity contribution in [2.24, 2.45) is 0 Å². The lowest BCUT2D eigenvalue weighted by Gasteiger charge is -2.20. The van der Waals surface area contributed by atoms with Crippen molar-refractivity contribution in [1.82, 2.24) is 0 Å². The van der Waals surface area contributed by atoms with Crippen LogP contribution in [0.3, 0.4) is 0 Å². The van der Waals surface area contributed by atoms with E-state index in [4.69, 9.17) is 4.74 Å². The second kappa shape index (κ2) is 4.77. The molecule has 1 aromatic rings. The number of methoxy groups -OCH3 is 1. The van der Waals surface area contributed by atoms with E-state index in [1.165, 1.54) is 37.2 Å². The largest absolute Gasteiger partial charge is 0.496 e. The third-order valence-corrected chi connectivity index (χ3v) is 3.31. The first-order valence-corrected chi connectivity index (χ1v) is 6.15. The van der Waals surface area contributed by atoms with Gasteiger partial charge < -0.3 is 9.64 Å². The molecule has 1 aliphatic heterocycles. The number of ether oxygens (including phenoxy) is 1. The van der Waals surface area contributed by atoms with Crippen molar-refractivity contribution in [3.63, 3.8) is 0 Å². The monoisotopic (exact) mass is 219 g/mol. The van der Waals surface area contributed by atoms with E-state index in [-0.39, 0.29) is 0 Å². The van der Waals surface area contributed by atoms with Crippen LogP contribution in [0.25, 0.3) is 0 Å². The Labute approximate surface area is 98.2 Å². The zero-order valence-electron chi connectivity index (χ0n) is 10.5. The van der Waals surface area contributed by atoms with Gasteiger partial charge in [-0.1, -0.05) is 13.8 Å².